The van der Waals surface area contributed by atoms with Crippen molar-refractivity contribution >= 4 is 33.0 Å². The number of imidazole rings is 1. The van der Waals surface area contributed by atoms with Gasteiger partial charge in [0.15, 0.2) is 5.65 Å². The Labute approximate surface area is 118 Å². The molecule has 0 fully saturated rings. The highest BCUT2D eigenvalue weighted by molar-refractivity contribution is 9.10. The van der Waals surface area contributed by atoms with E-state index in [-0.39, 0.29) is 6.04 Å². The molecule has 0 aliphatic rings. The van der Waals surface area contributed by atoms with Crippen LogP contribution in [0, 0.1) is 0 Å². The third-order valence-electron chi connectivity index (χ3n) is 2.98. The fraction of sp³-hybridized carbons (Fsp3) is 0.250. The summed E-state index contributed by atoms with van der Waals surface area (Å²) in [5, 5.41) is 4.20. The molecule has 3 aromatic rings. The number of fused-ring (bicyclic) bond motifs is 1. The van der Waals surface area contributed by atoms with Gasteiger partial charge < -0.3 is 5.73 Å². The number of nitrogen functional groups attached to an aromatic ring is 1. The Bertz CT molecular complexity index is 702. The van der Waals surface area contributed by atoms with Crippen LogP contribution in [-0.2, 0) is 6.54 Å². The van der Waals surface area contributed by atoms with E-state index in [1.165, 1.54) is 0 Å². The number of rotatable bonds is 3. The molecular formula is C12H13BrN6. The van der Waals surface area contributed by atoms with Crippen LogP contribution in [0.5, 0.6) is 0 Å². The fourth-order valence-corrected chi connectivity index (χ4v) is 2.49. The predicted octanol–water partition coefficient (Wildman–Crippen LogP) is 2.23. The molecule has 0 aliphatic heterocycles. The topological polar surface area (TPSA) is 74.5 Å². The van der Waals surface area contributed by atoms with Gasteiger partial charge in [0.05, 0.1) is 12.6 Å². The molecule has 1 atom stereocenters. The van der Waals surface area contributed by atoms with Gasteiger partial charge in [0.1, 0.15) is 5.52 Å². The zero-order valence-corrected chi connectivity index (χ0v) is 11.9. The van der Waals surface area contributed by atoms with Crippen LogP contribution in [0.4, 0.5) is 5.95 Å². The number of halogens is 1. The van der Waals surface area contributed by atoms with Gasteiger partial charge >= 0.3 is 0 Å². The molecule has 0 aliphatic carbocycles. The average molecular weight is 321 g/mol. The molecular weight excluding hydrogens is 308 g/mol. The molecule has 2 N–H and O–H groups in total. The molecule has 3 rings (SSSR count). The number of hydrogen-bond acceptors (Lipinski definition) is 4. The highest BCUT2D eigenvalue weighted by Gasteiger charge is 2.15. The summed E-state index contributed by atoms with van der Waals surface area (Å²) in [5.41, 5.74) is 7.58. The lowest BCUT2D eigenvalue weighted by Gasteiger charge is -2.15. The van der Waals surface area contributed by atoms with Gasteiger partial charge in [-0.2, -0.15) is 5.10 Å². The molecule has 7 heteroatoms. The van der Waals surface area contributed by atoms with Crippen molar-refractivity contribution in [3.63, 3.8) is 0 Å². The standard InChI is InChI=1S/C12H13BrN6/c1-8(7-18-4-2-3-16-18)19-11-10(17-12(19)14)5-9(13)6-15-11/h2-6,8H,7H2,1H3,(H2,14,17). The molecule has 19 heavy (non-hydrogen) atoms. The Morgan fingerprint density at radius 3 is 3.05 bits per heavy atom. The maximum absolute atomic E-state index is 6.00. The van der Waals surface area contributed by atoms with E-state index >= 15 is 0 Å². The SMILES string of the molecule is CC(Cn1cccn1)n1c(N)nc2cc(Br)cnc21. The Balaban J connectivity index is 2.01. The summed E-state index contributed by atoms with van der Waals surface area (Å²) >= 11 is 3.39. The predicted molar refractivity (Wildman–Crippen MR) is 76.6 cm³/mol. The van der Waals surface area contributed by atoms with Crippen LogP contribution in [0.2, 0.25) is 0 Å². The van der Waals surface area contributed by atoms with Gasteiger partial charge in [-0.15, -0.1) is 0 Å². The minimum Gasteiger partial charge on any atom is -0.369 e. The maximum atomic E-state index is 6.00. The van der Waals surface area contributed by atoms with Crippen LogP contribution in [0.1, 0.15) is 13.0 Å². The van der Waals surface area contributed by atoms with Gasteiger partial charge in [0.25, 0.3) is 0 Å². The zero-order valence-electron chi connectivity index (χ0n) is 10.4. The molecule has 0 spiro atoms. The number of anilines is 1. The first kappa shape index (κ1) is 12.2. The quantitative estimate of drug-likeness (QED) is 0.803. The van der Waals surface area contributed by atoms with E-state index in [1.54, 1.807) is 12.4 Å². The smallest absolute Gasteiger partial charge is 0.202 e. The van der Waals surface area contributed by atoms with E-state index in [9.17, 15) is 0 Å². The summed E-state index contributed by atoms with van der Waals surface area (Å²) in [6, 6.07) is 3.94. The largest absolute Gasteiger partial charge is 0.369 e. The third kappa shape index (κ3) is 2.21. The lowest BCUT2D eigenvalue weighted by atomic mass is 10.3. The normalized spacial score (nSPS) is 12.9. The van der Waals surface area contributed by atoms with Crippen LogP contribution in [0.15, 0.2) is 35.2 Å². The molecule has 0 amide bonds. The minimum absolute atomic E-state index is 0.124. The van der Waals surface area contributed by atoms with Gasteiger partial charge in [-0.1, -0.05) is 0 Å². The number of nitrogens with zero attached hydrogens (tertiary/aromatic N) is 5. The Hall–Kier alpha value is -1.89. The van der Waals surface area contributed by atoms with E-state index in [2.05, 4.69) is 37.9 Å². The number of nitrogens with two attached hydrogens (primary N) is 1. The number of pyridine rings is 1. The Morgan fingerprint density at radius 1 is 1.47 bits per heavy atom. The Kier molecular flexibility index (Phi) is 2.98. The van der Waals surface area contributed by atoms with Crippen molar-refractivity contribution in [2.75, 3.05) is 5.73 Å². The van der Waals surface area contributed by atoms with Crippen molar-refractivity contribution in [1.82, 2.24) is 24.3 Å². The molecule has 0 saturated carbocycles. The summed E-state index contributed by atoms with van der Waals surface area (Å²) in [5.74, 6) is 0.472. The van der Waals surface area contributed by atoms with Crippen molar-refractivity contribution in [2.24, 2.45) is 0 Å². The van der Waals surface area contributed by atoms with E-state index in [0.717, 1.165) is 22.2 Å². The van der Waals surface area contributed by atoms with Crippen LogP contribution in [0.3, 0.4) is 0 Å². The summed E-state index contributed by atoms with van der Waals surface area (Å²) in [7, 11) is 0. The van der Waals surface area contributed by atoms with Gasteiger partial charge in [-0.25, -0.2) is 9.97 Å². The molecule has 98 valence electrons. The molecule has 0 radical (unpaired) electrons. The highest BCUT2D eigenvalue weighted by atomic mass is 79.9. The summed E-state index contributed by atoms with van der Waals surface area (Å²) in [6.07, 6.45) is 5.44. The van der Waals surface area contributed by atoms with Crippen molar-refractivity contribution in [3.05, 3.63) is 35.2 Å². The first-order valence-electron chi connectivity index (χ1n) is 5.91. The van der Waals surface area contributed by atoms with Gasteiger partial charge in [-0.3, -0.25) is 9.25 Å². The van der Waals surface area contributed by atoms with Crippen molar-refractivity contribution in [1.29, 1.82) is 0 Å². The zero-order chi connectivity index (χ0) is 13.4. The van der Waals surface area contributed by atoms with E-state index in [4.69, 9.17) is 5.73 Å². The lowest BCUT2D eigenvalue weighted by Crippen LogP contribution is -2.15. The van der Waals surface area contributed by atoms with Gasteiger partial charge in [0.2, 0.25) is 5.95 Å². The number of aromatic nitrogens is 5. The minimum atomic E-state index is 0.124. The second-order valence-electron chi connectivity index (χ2n) is 4.41. The average Bonchev–Trinajstić information content (AvgIpc) is 2.95. The monoisotopic (exact) mass is 320 g/mol. The van der Waals surface area contributed by atoms with Crippen molar-refractivity contribution < 1.29 is 0 Å². The first-order valence-corrected chi connectivity index (χ1v) is 6.71. The summed E-state index contributed by atoms with van der Waals surface area (Å²) < 4.78 is 4.70. The molecule has 3 aromatic heterocycles. The molecule has 0 aromatic carbocycles. The van der Waals surface area contributed by atoms with Crippen LogP contribution in [0.25, 0.3) is 11.2 Å². The van der Waals surface area contributed by atoms with E-state index < -0.39 is 0 Å². The first-order chi connectivity index (χ1) is 9.15. The number of hydrogen-bond donors (Lipinski definition) is 1. The van der Waals surface area contributed by atoms with E-state index in [1.807, 2.05) is 27.6 Å². The fourth-order valence-electron chi connectivity index (χ4n) is 2.17. The third-order valence-corrected chi connectivity index (χ3v) is 3.41. The second kappa shape index (κ2) is 4.65. The molecule has 6 nitrogen and oxygen atoms in total. The van der Waals surface area contributed by atoms with Crippen LogP contribution < -0.4 is 5.73 Å². The van der Waals surface area contributed by atoms with Crippen molar-refractivity contribution in [3.8, 4) is 0 Å². The second-order valence-corrected chi connectivity index (χ2v) is 5.33. The summed E-state index contributed by atoms with van der Waals surface area (Å²) in [6.45, 7) is 2.79. The van der Waals surface area contributed by atoms with E-state index in [0.29, 0.717) is 5.95 Å². The lowest BCUT2D eigenvalue weighted by molar-refractivity contribution is 0.448. The van der Waals surface area contributed by atoms with Crippen LogP contribution in [-0.4, -0.2) is 24.3 Å². The Morgan fingerprint density at radius 2 is 2.32 bits per heavy atom. The molecule has 1 unspecified atom stereocenters. The molecule has 0 bridgehead atoms. The molecule has 0 saturated heterocycles. The highest BCUT2D eigenvalue weighted by Crippen LogP contribution is 2.24. The summed E-state index contributed by atoms with van der Waals surface area (Å²) in [4.78, 5) is 8.74. The van der Waals surface area contributed by atoms with Crippen molar-refractivity contribution in [2.45, 2.75) is 19.5 Å². The van der Waals surface area contributed by atoms with Gasteiger partial charge in [0, 0.05) is 23.1 Å². The molecule has 3 heterocycles. The van der Waals surface area contributed by atoms with Crippen LogP contribution >= 0.6 is 15.9 Å². The van der Waals surface area contributed by atoms with Gasteiger partial charge in [-0.05, 0) is 35.0 Å². The maximum Gasteiger partial charge on any atom is 0.202 e.